The maximum absolute atomic E-state index is 2.49. The second-order valence-corrected chi connectivity index (χ2v) is 16.2. The number of fused-ring (bicyclic) bond motifs is 7. The first-order chi connectivity index (χ1) is 28.0. The van der Waals surface area contributed by atoms with Crippen LogP contribution in [0.5, 0.6) is 0 Å². The summed E-state index contributed by atoms with van der Waals surface area (Å²) in [5.74, 6) is 0.852. The molecule has 2 atom stereocenters. The molecule has 9 aromatic rings. The van der Waals surface area contributed by atoms with Crippen LogP contribution in [0, 0.1) is 5.92 Å². The number of nitrogens with zero attached hydrogens (tertiary/aromatic N) is 2. The molecule has 0 aliphatic heterocycles. The number of anilines is 3. The summed E-state index contributed by atoms with van der Waals surface area (Å²) in [5, 5.41) is 4.96. The van der Waals surface area contributed by atoms with Crippen molar-refractivity contribution in [3.05, 3.63) is 217 Å². The van der Waals surface area contributed by atoms with Gasteiger partial charge < -0.3 is 9.47 Å². The summed E-state index contributed by atoms with van der Waals surface area (Å²) >= 11 is 0. The molecule has 1 heterocycles. The topological polar surface area (TPSA) is 8.17 Å². The fraction of sp³-hybridized carbons (Fsp3) is 0.0909. The fourth-order valence-electron chi connectivity index (χ4n) is 9.91. The van der Waals surface area contributed by atoms with E-state index in [1.54, 1.807) is 0 Å². The summed E-state index contributed by atoms with van der Waals surface area (Å²) in [7, 11) is 0. The molecule has 0 spiro atoms. The minimum absolute atomic E-state index is 0.00301. The predicted molar refractivity (Wildman–Crippen MR) is 241 cm³/mol. The molecule has 11 rings (SSSR count). The molecule has 0 radical (unpaired) electrons. The van der Waals surface area contributed by atoms with Gasteiger partial charge in [-0.2, -0.15) is 0 Å². The summed E-state index contributed by atoms with van der Waals surface area (Å²) in [5.41, 5.74) is 14.8. The van der Waals surface area contributed by atoms with E-state index in [2.05, 4.69) is 230 Å². The van der Waals surface area contributed by atoms with Gasteiger partial charge in [-0.25, -0.2) is 0 Å². The lowest BCUT2D eigenvalue weighted by molar-refractivity contribution is 0.394. The third kappa shape index (κ3) is 5.32. The van der Waals surface area contributed by atoms with Gasteiger partial charge >= 0.3 is 0 Å². The van der Waals surface area contributed by atoms with Gasteiger partial charge in [0.05, 0.1) is 16.7 Å². The van der Waals surface area contributed by atoms with E-state index in [4.69, 9.17) is 0 Å². The second kappa shape index (κ2) is 13.1. The van der Waals surface area contributed by atoms with Crippen molar-refractivity contribution in [2.75, 3.05) is 4.90 Å². The minimum Gasteiger partial charge on any atom is -0.310 e. The van der Waals surface area contributed by atoms with Crippen LogP contribution in [0.3, 0.4) is 0 Å². The third-order valence-corrected chi connectivity index (χ3v) is 12.7. The molecule has 8 aromatic carbocycles. The van der Waals surface area contributed by atoms with Crippen molar-refractivity contribution >= 4 is 49.6 Å². The molecule has 2 nitrogen and oxygen atoms in total. The zero-order valence-electron chi connectivity index (χ0n) is 32.2. The van der Waals surface area contributed by atoms with Crippen LogP contribution < -0.4 is 4.90 Å². The maximum Gasteiger partial charge on any atom is 0.0541 e. The van der Waals surface area contributed by atoms with Gasteiger partial charge in [0.25, 0.3) is 0 Å². The van der Waals surface area contributed by atoms with Gasteiger partial charge in [0, 0.05) is 39.1 Å². The number of hydrogen-bond donors (Lipinski definition) is 0. The smallest absolute Gasteiger partial charge is 0.0541 e. The van der Waals surface area contributed by atoms with Crippen LogP contribution in [-0.4, -0.2) is 4.57 Å². The van der Waals surface area contributed by atoms with E-state index in [1.807, 2.05) is 0 Å². The van der Waals surface area contributed by atoms with E-state index in [0.717, 1.165) is 11.4 Å². The number of benzene rings is 8. The Kier molecular flexibility index (Phi) is 7.69. The SMILES string of the molecule is CC1(C)c2cc(N(c3cccc(-c4ccccc4)c3)c3ccc(-c4ccc5c(c4)c4ccccc4n5-c4ccccc4)c4ccccc34)ccc2C2C=CC=CC21. The zero-order valence-corrected chi connectivity index (χ0v) is 32.2. The first-order valence-corrected chi connectivity index (χ1v) is 20.1. The van der Waals surface area contributed by atoms with Crippen molar-refractivity contribution in [3.8, 4) is 27.9 Å². The number of rotatable bonds is 6. The highest BCUT2D eigenvalue weighted by Crippen LogP contribution is 2.54. The van der Waals surface area contributed by atoms with Gasteiger partial charge in [-0.15, -0.1) is 0 Å². The van der Waals surface area contributed by atoms with Gasteiger partial charge in [-0.05, 0) is 111 Å². The Labute approximate surface area is 334 Å². The van der Waals surface area contributed by atoms with Crippen LogP contribution in [-0.2, 0) is 5.41 Å². The van der Waals surface area contributed by atoms with Gasteiger partial charge in [0.2, 0.25) is 0 Å². The first-order valence-electron chi connectivity index (χ1n) is 20.1. The molecule has 2 aliphatic rings. The Morgan fingerprint density at radius 1 is 0.474 bits per heavy atom. The van der Waals surface area contributed by atoms with Crippen molar-refractivity contribution in [2.45, 2.75) is 25.2 Å². The van der Waals surface area contributed by atoms with Crippen molar-refractivity contribution < 1.29 is 0 Å². The molecule has 1 aromatic heterocycles. The molecule has 0 saturated carbocycles. The van der Waals surface area contributed by atoms with Gasteiger partial charge in [-0.1, -0.05) is 159 Å². The van der Waals surface area contributed by atoms with E-state index in [-0.39, 0.29) is 5.41 Å². The van der Waals surface area contributed by atoms with E-state index >= 15 is 0 Å². The molecular formula is C55H42N2. The van der Waals surface area contributed by atoms with Crippen LogP contribution in [0.15, 0.2) is 206 Å². The Morgan fingerprint density at radius 3 is 2.00 bits per heavy atom. The Morgan fingerprint density at radius 2 is 1.16 bits per heavy atom. The predicted octanol–water partition coefficient (Wildman–Crippen LogP) is 14.9. The Hall–Kier alpha value is -6.90. The molecule has 2 heteroatoms. The van der Waals surface area contributed by atoms with Crippen LogP contribution in [0.4, 0.5) is 17.1 Å². The Bertz CT molecular complexity index is 3050. The van der Waals surface area contributed by atoms with E-state index in [0.29, 0.717) is 11.8 Å². The van der Waals surface area contributed by atoms with E-state index in [9.17, 15) is 0 Å². The molecule has 0 fully saturated rings. The highest BCUT2D eigenvalue weighted by Gasteiger charge is 2.44. The van der Waals surface area contributed by atoms with E-state index < -0.39 is 0 Å². The van der Waals surface area contributed by atoms with Gasteiger partial charge in [0.15, 0.2) is 0 Å². The van der Waals surface area contributed by atoms with Gasteiger partial charge in [-0.3, -0.25) is 0 Å². The fourth-order valence-corrected chi connectivity index (χ4v) is 9.91. The number of hydrogen-bond acceptors (Lipinski definition) is 1. The molecular weight excluding hydrogens is 689 g/mol. The number of aromatic nitrogens is 1. The Balaban J connectivity index is 1.10. The lowest BCUT2D eigenvalue weighted by atomic mass is 9.74. The molecule has 2 aliphatic carbocycles. The molecule has 0 N–H and O–H groups in total. The van der Waals surface area contributed by atoms with Crippen LogP contribution in [0.1, 0.15) is 30.9 Å². The summed E-state index contributed by atoms with van der Waals surface area (Å²) in [6.07, 6.45) is 9.24. The lowest BCUT2D eigenvalue weighted by Gasteiger charge is -2.31. The largest absolute Gasteiger partial charge is 0.310 e. The molecule has 57 heavy (non-hydrogen) atoms. The van der Waals surface area contributed by atoms with Crippen molar-refractivity contribution in [3.63, 3.8) is 0 Å². The van der Waals surface area contributed by atoms with E-state index in [1.165, 1.54) is 77.3 Å². The quantitative estimate of drug-likeness (QED) is 0.165. The van der Waals surface area contributed by atoms with Crippen molar-refractivity contribution in [1.82, 2.24) is 4.57 Å². The number of para-hydroxylation sites is 2. The van der Waals surface area contributed by atoms with Crippen molar-refractivity contribution in [1.29, 1.82) is 0 Å². The maximum atomic E-state index is 2.49. The van der Waals surface area contributed by atoms with Gasteiger partial charge in [0.1, 0.15) is 0 Å². The number of allylic oxidation sites excluding steroid dienone is 4. The molecule has 2 unspecified atom stereocenters. The summed E-state index contributed by atoms with van der Waals surface area (Å²) < 4.78 is 2.39. The highest BCUT2D eigenvalue weighted by atomic mass is 15.1. The standard InChI is InChI=1S/C55H42N2/c1-55(2)50-26-13-11-23-45(50)46-30-29-42(36-51(46)55)56(41-21-15-18-38(34-41)37-16-5-3-6-17-37)53-33-31-43(44-22-9-10-24-47(44)53)39-28-32-54-49(35-39)48-25-12-14-27-52(48)57(54)40-19-7-4-8-20-40/h3-36,45,50H,1-2H3. The first kappa shape index (κ1) is 33.4. The molecule has 0 amide bonds. The second-order valence-electron chi connectivity index (χ2n) is 16.2. The van der Waals surface area contributed by atoms with Crippen LogP contribution in [0.2, 0.25) is 0 Å². The average molecular weight is 731 g/mol. The lowest BCUT2D eigenvalue weighted by Crippen LogP contribution is -2.24. The zero-order chi connectivity index (χ0) is 38.1. The van der Waals surface area contributed by atoms with Crippen LogP contribution in [0.25, 0.3) is 60.5 Å². The van der Waals surface area contributed by atoms with Crippen LogP contribution >= 0.6 is 0 Å². The summed E-state index contributed by atoms with van der Waals surface area (Å²) in [6, 6.07) is 67.0. The molecule has 0 saturated heterocycles. The highest BCUT2D eigenvalue weighted by molar-refractivity contribution is 6.12. The normalized spacial score (nSPS) is 16.6. The average Bonchev–Trinajstić information content (AvgIpc) is 3.72. The molecule has 0 bridgehead atoms. The summed E-state index contributed by atoms with van der Waals surface area (Å²) in [4.78, 5) is 2.49. The van der Waals surface area contributed by atoms with Crippen molar-refractivity contribution in [2.24, 2.45) is 5.92 Å². The monoisotopic (exact) mass is 730 g/mol. The summed E-state index contributed by atoms with van der Waals surface area (Å²) in [6.45, 7) is 4.84. The minimum atomic E-state index is 0.00301. The third-order valence-electron chi connectivity index (χ3n) is 12.7. The molecule has 272 valence electrons.